The van der Waals surface area contributed by atoms with Crippen molar-refractivity contribution in [3.05, 3.63) is 47.0 Å². The molecule has 0 fully saturated rings. The number of aldehydes is 2. The van der Waals surface area contributed by atoms with Crippen molar-refractivity contribution in [1.29, 1.82) is 0 Å². The summed E-state index contributed by atoms with van der Waals surface area (Å²) in [6, 6.07) is 2.75. The maximum Gasteiger partial charge on any atom is 0.255 e. The van der Waals surface area contributed by atoms with Crippen molar-refractivity contribution < 1.29 is 19.2 Å². The highest BCUT2D eigenvalue weighted by molar-refractivity contribution is 6.03. The van der Waals surface area contributed by atoms with E-state index >= 15 is 0 Å². The molecule has 1 N–H and O–H groups in total. The number of nitrogens with one attached hydrogen (secondary N) is 1. The lowest BCUT2D eigenvalue weighted by Crippen LogP contribution is -2.47. The van der Waals surface area contributed by atoms with Gasteiger partial charge >= 0.3 is 0 Å². The van der Waals surface area contributed by atoms with Crippen LogP contribution in [0.5, 0.6) is 0 Å². The number of nitrogens with zero attached hydrogens (tertiary/aromatic N) is 2. The highest BCUT2D eigenvalue weighted by atomic mass is 16.2. The fourth-order valence-electron chi connectivity index (χ4n) is 3.33. The van der Waals surface area contributed by atoms with Gasteiger partial charge < -0.3 is 15.0 Å². The van der Waals surface area contributed by atoms with Crippen molar-refractivity contribution >= 4 is 24.4 Å². The highest BCUT2D eigenvalue weighted by Gasteiger charge is 2.29. The Hall–Kier alpha value is -2.80. The van der Waals surface area contributed by atoms with E-state index < -0.39 is 6.04 Å². The third-order valence-electron chi connectivity index (χ3n) is 4.83. The summed E-state index contributed by atoms with van der Waals surface area (Å²) in [6.45, 7) is 5.08. The lowest BCUT2D eigenvalue weighted by molar-refractivity contribution is -0.125. The van der Waals surface area contributed by atoms with Gasteiger partial charge in [0.1, 0.15) is 12.3 Å². The first-order valence-corrected chi connectivity index (χ1v) is 8.83. The van der Waals surface area contributed by atoms with Crippen LogP contribution in [0.4, 0.5) is 0 Å². The minimum absolute atomic E-state index is 0.265. The Morgan fingerprint density at radius 3 is 2.52 bits per heavy atom. The summed E-state index contributed by atoms with van der Waals surface area (Å²) in [7, 11) is 3.08. The minimum atomic E-state index is -0.653. The van der Waals surface area contributed by atoms with Crippen LogP contribution in [0.2, 0.25) is 0 Å². The van der Waals surface area contributed by atoms with Crippen LogP contribution in [0.25, 0.3) is 0 Å². The van der Waals surface area contributed by atoms with Gasteiger partial charge in [-0.3, -0.25) is 19.3 Å². The summed E-state index contributed by atoms with van der Waals surface area (Å²) in [5.41, 5.74) is 2.42. The third kappa shape index (κ3) is 4.49. The van der Waals surface area contributed by atoms with Gasteiger partial charge in [0.25, 0.3) is 5.91 Å². The molecule has 2 amide bonds. The first kappa shape index (κ1) is 20.5. The van der Waals surface area contributed by atoms with E-state index in [1.165, 1.54) is 11.9 Å². The SMILES string of the molecule is C=CCCC(C(=O)NC)N(C)C(=O)c1cc2c(cc1C=O)CN(CC=O)C2. The predicted octanol–water partition coefficient (Wildman–Crippen LogP) is 1.17. The number of allylic oxidation sites excluding steroid dienone is 1. The molecule has 1 aromatic rings. The van der Waals surface area contributed by atoms with Crippen LogP contribution in [0.15, 0.2) is 24.8 Å². The van der Waals surface area contributed by atoms with Gasteiger partial charge in [-0.1, -0.05) is 6.08 Å². The van der Waals surface area contributed by atoms with Crippen LogP contribution < -0.4 is 5.32 Å². The number of rotatable bonds is 9. The smallest absolute Gasteiger partial charge is 0.255 e. The molecular weight excluding hydrogens is 346 g/mol. The monoisotopic (exact) mass is 371 g/mol. The lowest BCUT2D eigenvalue weighted by Gasteiger charge is -2.27. The molecule has 0 aliphatic carbocycles. The molecule has 0 aromatic heterocycles. The second-order valence-corrected chi connectivity index (χ2v) is 6.57. The van der Waals surface area contributed by atoms with Gasteiger partial charge in [-0.2, -0.15) is 0 Å². The Morgan fingerprint density at radius 2 is 1.96 bits per heavy atom. The molecular formula is C20H25N3O4. The zero-order valence-corrected chi connectivity index (χ0v) is 15.7. The van der Waals surface area contributed by atoms with Crippen LogP contribution in [-0.2, 0) is 22.7 Å². The van der Waals surface area contributed by atoms with E-state index in [1.54, 1.807) is 25.3 Å². The third-order valence-corrected chi connectivity index (χ3v) is 4.83. The molecule has 1 heterocycles. The van der Waals surface area contributed by atoms with Crippen molar-refractivity contribution in [1.82, 2.24) is 15.1 Å². The molecule has 1 aliphatic rings. The van der Waals surface area contributed by atoms with Crippen molar-refractivity contribution in [3.8, 4) is 0 Å². The maximum atomic E-state index is 13.0. The first-order chi connectivity index (χ1) is 13.0. The van der Waals surface area contributed by atoms with Gasteiger partial charge in [-0.25, -0.2) is 0 Å². The molecule has 0 saturated heterocycles. The average Bonchev–Trinajstić information content (AvgIpc) is 3.07. The summed E-state index contributed by atoms with van der Waals surface area (Å²) in [4.78, 5) is 50.9. The molecule has 27 heavy (non-hydrogen) atoms. The Kier molecular flexibility index (Phi) is 7.01. The fraction of sp³-hybridized carbons (Fsp3) is 0.400. The fourth-order valence-corrected chi connectivity index (χ4v) is 3.33. The van der Waals surface area contributed by atoms with Gasteiger partial charge in [-0.05, 0) is 36.1 Å². The van der Waals surface area contributed by atoms with Crippen LogP contribution in [-0.4, -0.2) is 60.9 Å². The summed E-state index contributed by atoms with van der Waals surface area (Å²) in [6.07, 6.45) is 4.21. The van der Waals surface area contributed by atoms with Crippen molar-refractivity contribution in [3.63, 3.8) is 0 Å². The summed E-state index contributed by atoms with van der Waals surface area (Å²) >= 11 is 0. The summed E-state index contributed by atoms with van der Waals surface area (Å²) < 4.78 is 0. The zero-order chi connectivity index (χ0) is 20.0. The van der Waals surface area contributed by atoms with Gasteiger partial charge in [0.2, 0.25) is 5.91 Å². The van der Waals surface area contributed by atoms with E-state index in [1.807, 2.05) is 4.90 Å². The van der Waals surface area contributed by atoms with E-state index in [4.69, 9.17) is 0 Å². The Morgan fingerprint density at radius 1 is 1.30 bits per heavy atom. The maximum absolute atomic E-state index is 13.0. The largest absolute Gasteiger partial charge is 0.357 e. The van der Waals surface area contributed by atoms with Crippen LogP contribution >= 0.6 is 0 Å². The quantitative estimate of drug-likeness (QED) is 0.520. The average molecular weight is 371 g/mol. The number of amides is 2. The predicted molar refractivity (Wildman–Crippen MR) is 101 cm³/mol. The van der Waals surface area contributed by atoms with Gasteiger partial charge in [-0.15, -0.1) is 6.58 Å². The zero-order valence-electron chi connectivity index (χ0n) is 15.7. The Labute approximate surface area is 159 Å². The molecule has 1 aromatic carbocycles. The first-order valence-electron chi connectivity index (χ1n) is 8.83. The second-order valence-electron chi connectivity index (χ2n) is 6.57. The molecule has 7 nitrogen and oxygen atoms in total. The molecule has 0 spiro atoms. The standard InChI is InChI=1S/C20H25N3O4/c1-4-5-6-18(19(26)21-2)22(3)20(27)17-10-15-12-23(7-8-24)11-14(15)9-16(17)13-25/h4,8-10,13,18H,1,5-7,11-12H2,2-3H3,(H,21,26). The topological polar surface area (TPSA) is 86.8 Å². The molecule has 0 radical (unpaired) electrons. The van der Waals surface area contributed by atoms with E-state index in [0.717, 1.165) is 17.4 Å². The summed E-state index contributed by atoms with van der Waals surface area (Å²) in [5.74, 6) is -0.648. The van der Waals surface area contributed by atoms with Gasteiger partial charge in [0.05, 0.1) is 12.1 Å². The molecule has 0 saturated carbocycles. The van der Waals surface area contributed by atoms with Crippen molar-refractivity contribution in [2.75, 3.05) is 20.6 Å². The van der Waals surface area contributed by atoms with Crippen molar-refractivity contribution in [2.45, 2.75) is 32.0 Å². The number of likely N-dealkylation sites (N-methyl/N-ethyl adjacent to an activating group) is 2. The van der Waals surface area contributed by atoms with E-state index in [0.29, 0.717) is 38.8 Å². The normalized spacial score (nSPS) is 14.1. The molecule has 1 atom stereocenters. The highest BCUT2D eigenvalue weighted by Crippen LogP contribution is 2.26. The van der Waals surface area contributed by atoms with Crippen molar-refractivity contribution in [2.24, 2.45) is 0 Å². The van der Waals surface area contributed by atoms with E-state index in [-0.39, 0.29) is 22.9 Å². The number of fused-ring (bicyclic) bond motifs is 1. The second kappa shape index (κ2) is 9.23. The molecule has 7 heteroatoms. The Bertz CT molecular complexity index is 760. The number of hydrogen-bond donors (Lipinski definition) is 1. The van der Waals surface area contributed by atoms with Crippen LogP contribution in [0, 0.1) is 0 Å². The van der Waals surface area contributed by atoms with E-state index in [2.05, 4.69) is 11.9 Å². The van der Waals surface area contributed by atoms with Gasteiger partial charge in [0.15, 0.2) is 6.29 Å². The summed E-state index contributed by atoms with van der Waals surface area (Å²) in [5, 5.41) is 2.57. The molecule has 1 unspecified atom stereocenters. The van der Waals surface area contributed by atoms with Crippen LogP contribution in [0.3, 0.4) is 0 Å². The molecule has 2 rings (SSSR count). The molecule has 144 valence electrons. The number of hydrogen-bond acceptors (Lipinski definition) is 5. The lowest BCUT2D eigenvalue weighted by atomic mass is 9.99. The molecule has 1 aliphatic heterocycles. The van der Waals surface area contributed by atoms with E-state index in [9.17, 15) is 19.2 Å². The van der Waals surface area contributed by atoms with Gasteiger partial charge in [0, 0.05) is 32.7 Å². The van der Waals surface area contributed by atoms with Crippen LogP contribution in [0.1, 0.15) is 44.7 Å². The molecule has 0 bridgehead atoms. The number of carbonyl (C=O) groups is 4. The Balaban J connectivity index is 2.33. The number of benzene rings is 1. The number of carbonyl (C=O) groups excluding carboxylic acids is 4. The minimum Gasteiger partial charge on any atom is -0.357 e.